The molecule has 0 radical (unpaired) electrons. The van der Waals surface area contributed by atoms with E-state index in [1.54, 1.807) is 13.0 Å². The van der Waals surface area contributed by atoms with Gasteiger partial charge in [0.05, 0.1) is 0 Å². The number of ketones is 1. The molecule has 1 aliphatic carbocycles. The van der Waals surface area contributed by atoms with E-state index in [0.717, 1.165) is 12.2 Å². The minimum absolute atomic E-state index is 0.0746. The fourth-order valence-corrected chi connectivity index (χ4v) is 3.12. The first kappa shape index (κ1) is 15.0. The summed E-state index contributed by atoms with van der Waals surface area (Å²) in [6, 6.07) is 3.18. The highest BCUT2D eigenvalue weighted by Crippen LogP contribution is 2.29. The molecular weight excluding hydrogens is 253 g/mol. The molecule has 1 aromatic rings. The Kier molecular flexibility index (Phi) is 4.79. The minimum Gasteiger partial charge on any atom is -0.374 e. The predicted octanol–water partition coefficient (Wildman–Crippen LogP) is 4.35. The number of aryl methyl sites for hydroxylation is 1. The topological polar surface area (TPSA) is 20.3 Å². The van der Waals surface area contributed by atoms with Crippen molar-refractivity contribution < 1.29 is 9.18 Å². The Labute approximate surface area is 121 Å². The van der Waals surface area contributed by atoms with Crippen molar-refractivity contribution in [2.45, 2.75) is 46.0 Å². The van der Waals surface area contributed by atoms with E-state index < -0.39 is 0 Å². The zero-order valence-corrected chi connectivity index (χ0v) is 12.7. The quantitative estimate of drug-likeness (QED) is 0.762. The Bertz CT molecular complexity index is 492. The van der Waals surface area contributed by atoms with Crippen LogP contribution < -0.4 is 4.90 Å². The number of hydrogen-bond donors (Lipinski definition) is 0. The van der Waals surface area contributed by atoms with Gasteiger partial charge >= 0.3 is 0 Å². The summed E-state index contributed by atoms with van der Waals surface area (Å²) in [7, 11) is 2.01. The van der Waals surface area contributed by atoms with Crippen LogP contribution in [-0.4, -0.2) is 19.4 Å². The lowest BCUT2D eigenvalue weighted by molar-refractivity contribution is 0.101. The third kappa shape index (κ3) is 3.38. The van der Waals surface area contributed by atoms with Crippen molar-refractivity contribution in [3.63, 3.8) is 0 Å². The van der Waals surface area contributed by atoms with Gasteiger partial charge in [-0.2, -0.15) is 0 Å². The molecule has 0 aromatic heterocycles. The number of carbonyl (C=O) groups excluding carboxylic acids is 1. The summed E-state index contributed by atoms with van der Waals surface area (Å²) < 4.78 is 13.7. The van der Waals surface area contributed by atoms with Crippen LogP contribution in [0.3, 0.4) is 0 Å². The molecule has 0 spiro atoms. The van der Waals surface area contributed by atoms with Crippen molar-refractivity contribution in [1.82, 2.24) is 0 Å². The number of benzene rings is 1. The van der Waals surface area contributed by atoms with Crippen LogP contribution in [0.1, 0.15) is 54.9 Å². The molecule has 20 heavy (non-hydrogen) atoms. The second-order valence-electron chi connectivity index (χ2n) is 6.06. The second-order valence-corrected chi connectivity index (χ2v) is 6.06. The normalized spacial score (nSPS) is 16.2. The van der Waals surface area contributed by atoms with E-state index in [4.69, 9.17) is 0 Å². The molecule has 0 bridgehead atoms. The van der Waals surface area contributed by atoms with Crippen LogP contribution in [0.25, 0.3) is 0 Å². The van der Waals surface area contributed by atoms with Gasteiger partial charge < -0.3 is 4.90 Å². The van der Waals surface area contributed by atoms with Crippen LogP contribution in [-0.2, 0) is 0 Å². The fourth-order valence-electron chi connectivity index (χ4n) is 3.12. The maximum atomic E-state index is 13.7. The number of hydrogen-bond acceptors (Lipinski definition) is 2. The van der Waals surface area contributed by atoms with Gasteiger partial charge in [0.15, 0.2) is 5.78 Å². The Morgan fingerprint density at radius 1 is 1.30 bits per heavy atom. The Morgan fingerprint density at radius 2 is 1.95 bits per heavy atom. The fraction of sp³-hybridized carbons (Fsp3) is 0.588. The monoisotopic (exact) mass is 277 g/mol. The predicted molar refractivity (Wildman–Crippen MR) is 81.0 cm³/mol. The summed E-state index contributed by atoms with van der Waals surface area (Å²) in [6.45, 7) is 4.20. The number of Topliss-reactive ketones (excluding diaryl/α,β-unsaturated/α-hetero) is 1. The number of nitrogens with zero attached hydrogens (tertiary/aromatic N) is 1. The molecule has 110 valence electrons. The van der Waals surface area contributed by atoms with E-state index in [-0.39, 0.29) is 11.6 Å². The van der Waals surface area contributed by atoms with Gasteiger partial charge in [0, 0.05) is 24.8 Å². The van der Waals surface area contributed by atoms with Crippen LogP contribution in [0.4, 0.5) is 10.1 Å². The Balaban J connectivity index is 2.21. The van der Waals surface area contributed by atoms with Crippen LogP contribution in [0.2, 0.25) is 0 Å². The highest BCUT2D eigenvalue weighted by molar-refractivity contribution is 5.99. The molecule has 0 heterocycles. The Hall–Kier alpha value is -1.38. The number of carbonyl (C=O) groups is 1. The van der Waals surface area contributed by atoms with Gasteiger partial charge in [-0.1, -0.05) is 19.3 Å². The summed E-state index contributed by atoms with van der Waals surface area (Å²) in [5.74, 6) is 0.318. The SMILES string of the molecule is CC(=O)c1cc(F)c(C)cc1N(C)CC1CCCCC1. The summed E-state index contributed by atoms with van der Waals surface area (Å²) in [5.41, 5.74) is 1.95. The molecule has 2 nitrogen and oxygen atoms in total. The summed E-state index contributed by atoms with van der Waals surface area (Å²) in [5, 5.41) is 0. The highest BCUT2D eigenvalue weighted by Gasteiger charge is 2.19. The van der Waals surface area contributed by atoms with Gasteiger partial charge in [-0.05, 0) is 50.3 Å². The van der Waals surface area contributed by atoms with Gasteiger partial charge in [-0.15, -0.1) is 0 Å². The van der Waals surface area contributed by atoms with Crippen LogP contribution in [0, 0.1) is 18.7 Å². The van der Waals surface area contributed by atoms with Gasteiger partial charge in [0.1, 0.15) is 5.82 Å². The molecule has 1 aromatic carbocycles. The molecule has 3 heteroatoms. The van der Waals surface area contributed by atoms with Crippen LogP contribution in [0.5, 0.6) is 0 Å². The van der Waals surface area contributed by atoms with E-state index in [9.17, 15) is 9.18 Å². The third-order valence-corrected chi connectivity index (χ3v) is 4.32. The van der Waals surface area contributed by atoms with E-state index in [2.05, 4.69) is 4.90 Å². The summed E-state index contributed by atoms with van der Waals surface area (Å²) >= 11 is 0. The van der Waals surface area contributed by atoms with Crippen molar-refractivity contribution in [3.05, 3.63) is 29.1 Å². The van der Waals surface area contributed by atoms with Crippen molar-refractivity contribution in [2.24, 2.45) is 5.92 Å². The average Bonchev–Trinajstić information content (AvgIpc) is 2.42. The van der Waals surface area contributed by atoms with E-state index in [0.29, 0.717) is 17.0 Å². The van der Waals surface area contributed by atoms with Gasteiger partial charge in [0.2, 0.25) is 0 Å². The van der Waals surface area contributed by atoms with Crippen LogP contribution >= 0.6 is 0 Å². The van der Waals surface area contributed by atoms with E-state index in [1.807, 2.05) is 7.05 Å². The van der Waals surface area contributed by atoms with Crippen molar-refractivity contribution in [2.75, 3.05) is 18.5 Å². The summed E-state index contributed by atoms with van der Waals surface area (Å²) in [6.07, 6.45) is 6.48. The van der Waals surface area contributed by atoms with Crippen molar-refractivity contribution >= 4 is 11.5 Å². The van der Waals surface area contributed by atoms with Gasteiger partial charge in [-0.3, -0.25) is 4.79 Å². The molecule has 0 saturated heterocycles. The van der Waals surface area contributed by atoms with E-state index in [1.165, 1.54) is 45.1 Å². The zero-order chi connectivity index (χ0) is 14.7. The zero-order valence-electron chi connectivity index (χ0n) is 12.7. The van der Waals surface area contributed by atoms with E-state index >= 15 is 0 Å². The van der Waals surface area contributed by atoms with Gasteiger partial charge in [0.25, 0.3) is 0 Å². The lowest BCUT2D eigenvalue weighted by Crippen LogP contribution is -2.28. The molecule has 1 saturated carbocycles. The molecular formula is C17H24FNO. The maximum Gasteiger partial charge on any atom is 0.161 e. The molecule has 0 atom stereocenters. The summed E-state index contributed by atoms with van der Waals surface area (Å²) in [4.78, 5) is 13.9. The number of anilines is 1. The first-order valence-electron chi connectivity index (χ1n) is 7.51. The largest absolute Gasteiger partial charge is 0.374 e. The third-order valence-electron chi connectivity index (χ3n) is 4.32. The molecule has 0 N–H and O–H groups in total. The first-order chi connectivity index (χ1) is 9.49. The van der Waals surface area contributed by atoms with Crippen molar-refractivity contribution in [3.8, 4) is 0 Å². The lowest BCUT2D eigenvalue weighted by atomic mass is 9.89. The molecule has 2 rings (SSSR count). The second kappa shape index (κ2) is 6.38. The smallest absolute Gasteiger partial charge is 0.161 e. The minimum atomic E-state index is -0.301. The standard InChI is InChI=1S/C17H24FNO/c1-12-9-17(15(13(2)20)10-16(12)18)19(3)11-14-7-5-4-6-8-14/h9-10,14H,4-8,11H2,1-3H3. The van der Waals surface area contributed by atoms with Gasteiger partial charge in [-0.25, -0.2) is 4.39 Å². The average molecular weight is 277 g/mol. The molecule has 0 aliphatic heterocycles. The number of halogens is 1. The lowest BCUT2D eigenvalue weighted by Gasteiger charge is -2.29. The number of rotatable bonds is 4. The molecule has 1 fully saturated rings. The van der Waals surface area contributed by atoms with Crippen LogP contribution in [0.15, 0.2) is 12.1 Å². The molecule has 0 amide bonds. The molecule has 1 aliphatic rings. The molecule has 0 unspecified atom stereocenters. The van der Waals surface area contributed by atoms with Crippen molar-refractivity contribution in [1.29, 1.82) is 0 Å². The Morgan fingerprint density at radius 3 is 2.55 bits per heavy atom. The highest BCUT2D eigenvalue weighted by atomic mass is 19.1. The first-order valence-corrected chi connectivity index (χ1v) is 7.51. The maximum absolute atomic E-state index is 13.7.